The van der Waals surface area contributed by atoms with E-state index in [-0.39, 0.29) is 0 Å². The number of thiazole rings is 1. The molecule has 0 bridgehead atoms. The van der Waals surface area contributed by atoms with Crippen LogP contribution in [0.4, 0.5) is 0 Å². The minimum atomic E-state index is 0.636. The molecule has 0 unspecified atom stereocenters. The molecule has 0 fully saturated rings. The van der Waals surface area contributed by atoms with Crippen molar-refractivity contribution in [3.63, 3.8) is 0 Å². The molecule has 1 aromatic heterocycles. The lowest BCUT2D eigenvalue weighted by atomic mass is 10.1. The maximum Gasteiger partial charge on any atom is 0.193 e. The van der Waals surface area contributed by atoms with E-state index in [9.17, 15) is 0 Å². The Morgan fingerprint density at radius 2 is 1.87 bits per heavy atom. The van der Waals surface area contributed by atoms with Crippen LogP contribution in [0.2, 0.25) is 0 Å². The van der Waals surface area contributed by atoms with Crippen LogP contribution in [-0.4, -0.2) is 50.7 Å². The summed E-state index contributed by atoms with van der Waals surface area (Å²) in [6.45, 7) is 1.46. The number of guanidine groups is 1. The molecule has 7 heteroatoms. The number of rotatable bonds is 8. The molecule has 0 aliphatic carbocycles. The zero-order valence-corrected chi connectivity index (χ0v) is 18.7. The molecule has 1 heterocycles. The van der Waals surface area contributed by atoms with Crippen LogP contribution < -0.4 is 14.8 Å². The van der Waals surface area contributed by atoms with Gasteiger partial charge >= 0.3 is 0 Å². The van der Waals surface area contributed by atoms with Gasteiger partial charge in [-0.25, -0.2) is 4.98 Å². The van der Waals surface area contributed by atoms with Crippen LogP contribution in [0.25, 0.3) is 10.6 Å². The normalized spacial score (nSPS) is 11.3. The van der Waals surface area contributed by atoms with Crippen molar-refractivity contribution in [2.24, 2.45) is 4.99 Å². The van der Waals surface area contributed by atoms with Gasteiger partial charge in [-0.15, -0.1) is 11.3 Å². The van der Waals surface area contributed by atoms with E-state index in [1.54, 1.807) is 32.6 Å². The zero-order chi connectivity index (χ0) is 21.3. The van der Waals surface area contributed by atoms with Gasteiger partial charge < -0.3 is 19.7 Å². The van der Waals surface area contributed by atoms with Crippen LogP contribution in [0.3, 0.4) is 0 Å². The van der Waals surface area contributed by atoms with Crippen LogP contribution in [0.1, 0.15) is 11.3 Å². The summed E-state index contributed by atoms with van der Waals surface area (Å²) in [7, 11) is 7.13. The number of ether oxygens (including phenoxy) is 2. The first-order chi connectivity index (χ1) is 14.6. The smallest absolute Gasteiger partial charge is 0.193 e. The highest BCUT2D eigenvalue weighted by Crippen LogP contribution is 2.27. The largest absolute Gasteiger partial charge is 0.493 e. The summed E-state index contributed by atoms with van der Waals surface area (Å²) >= 11 is 1.66. The van der Waals surface area contributed by atoms with E-state index in [0.717, 1.165) is 46.7 Å². The van der Waals surface area contributed by atoms with Crippen molar-refractivity contribution >= 4 is 17.3 Å². The average molecular weight is 425 g/mol. The van der Waals surface area contributed by atoms with Gasteiger partial charge in [0, 0.05) is 31.6 Å². The van der Waals surface area contributed by atoms with Gasteiger partial charge in [0.1, 0.15) is 5.01 Å². The fourth-order valence-electron chi connectivity index (χ4n) is 3.09. The number of hydrogen-bond donors (Lipinski definition) is 1. The van der Waals surface area contributed by atoms with E-state index in [1.165, 1.54) is 5.56 Å². The van der Waals surface area contributed by atoms with Crippen LogP contribution >= 0.6 is 11.3 Å². The van der Waals surface area contributed by atoms with Gasteiger partial charge in [0.15, 0.2) is 17.5 Å². The van der Waals surface area contributed by atoms with E-state index in [2.05, 4.69) is 38.8 Å². The predicted octanol–water partition coefficient (Wildman–Crippen LogP) is 4.08. The van der Waals surface area contributed by atoms with E-state index >= 15 is 0 Å². The summed E-state index contributed by atoms with van der Waals surface area (Å²) in [6, 6.07) is 16.3. The van der Waals surface area contributed by atoms with Crippen molar-refractivity contribution in [2.75, 3.05) is 34.9 Å². The Labute approximate surface area is 182 Å². The Morgan fingerprint density at radius 3 is 2.57 bits per heavy atom. The molecule has 0 saturated carbocycles. The molecule has 1 N–H and O–H groups in total. The fourth-order valence-corrected chi connectivity index (χ4v) is 3.92. The Bertz CT molecular complexity index is 972. The quantitative estimate of drug-likeness (QED) is 0.436. The van der Waals surface area contributed by atoms with Crippen molar-refractivity contribution in [1.29, 1.82) is 0 Å². The number of likely N-dealkylation sites (N-methyl/N-ethyl adjacent to an activating group) is 1. The molecule has 0 amide bonds. The summed E-state index contributed by atoms with van der Waals surface area (Å²) in [6.07, 6.45) is 0.867. The van der Waals surface area contributed by atoms with E-state index in [0.29, 0.717) is 6.54 Å². The summed E-state index contributed by atoms with van der Waals surface area (Å²) in [4.78, 5) is 11.2. The minimum Gasteiger partial charge on any atom is -0.493 e. The first kappa shape index (κ1) is 21.6. The zero-order valence-electron chi connectivity index (χ0n) is 17.9. The van der Waals surface area contributed by atoms with Gasteiger partial charge in [0.05, 0.1) is 26.5 Å². The number of methoxy groups -OCH3 is 2. The molecular formula is C23H28N4O2S. The topological polar surface area (TPSA) is 59.0 Å². The third-order valence-corrected chi connectivity index (χ3v) is 5.70. The molecule has 0 aliphatic heterocycles. The molecule has 6 nitrogen and oxygen atoms in total. The van der Waals surface area contributed by atoms with Crippen LogP contribution in [-0.2, 0) is 13.0 Å². The van der Waals surface area contributed by atoms with Gasteiger partial charge in [-0.05, 0) is 24.1 Å². The van der Waals surface area contributed by atoms with Crippen LogP contribution in [0.5, 0.6) is 11.5 Å². The van der Waals surface area contributed by atoms with E-state index in [1.807, 2.05) is 37.4 Å². The van der Waals surface area contributed by atoms with Crippen LogP contribution in [0.15, 0.2) is 58.9 Å². The molecule has 0 radical (unpaired) electrons. The van der Waals surface area contributed by atoms with Crippen molar-refractivity contribution in [3.05, 3.63) is 65.2 Å². The number of hydrogen-bond acceptors (Lipinski definition) is 5. The molecule has 158 valence electrons. The van der Waals surface area contributed by atoms with Gasteiger partial charge in [0.25, 0.3) is 0 Å². The van der Waals surface area contributed by atoms with Crippen molar-refractivity contribution in [2.45, 2.75) is 13.0 Å². The van der Waals surface area contributed by atoms with Gasteiger partial charge in [-0.1, -0.05) is 36.4 Å². The second-order valence-corrected chi connectivity index (χ2v) is 7.63. The third kappa shape index (κ3) is 5.51. The molecule has 3 aromatic rings. The van der Waals surface area contributed by atoms with E-state index in [4.69, 9.17) is 14.5 Å². The van der Waals surface area contributed by atoms with E-state index < -0.39 is 0 Å². The molecule has 0 spiro atoms. The number of aliphatic imine (C=N–C) groups is 1. The molecule has 0 saturated heterocycles. The Morgan fingerprint density at radius 1 is 1.10 bits per heavy atom. The molecular weight excluding hydrogens is 396 g/mol. The first-order valence-corrected chi connectivity index (χ1v) is 10.6. The maximum atomic E-state index is 5.39. The number of nitrogens with zero attached hydrogens (tertiary/aromatic N) is 3. The highest BCUT2D eigenvalue weighted by Gasteiger charge is 2.10. The monoisotopic (exact) mass is 424 g/mol. The predicted molar refractivity (Wildman–Crippen MR) is 124 cm³/mol. The van der Waals surface area contributed by atoms with Crippen molar-refractivity contribution < 1.29 is 9.47 Å². The second kappa shape index (κ2) is 10.6. The van der Waals surface area contributed by atoms with Crippen molar-refractivity contribution in [3.8, 4) is 22.1 Å². The molecule has 0 atom stereocenters. The minimum absolute atomic E-state index is 0.636. The summed E-state index contributed by atoms with van der Waals surface area (Å²) < 4.78 is 10.7. The molecule has 30 heavy (non-hydrogen) atoms. The third-order valence-electron chi connectivity index (χ3n) is 4.76. The van der Waals surface area contributed by atoms with Gasteiger partial charge in [-0.2, -0.15) is 0 Å². The average Bonchev–Trinajstić information content (AvgIpc) is 3.27. The summed E-state index contributed by atoms with van der Waals surface area (Å²) in [5.74, 6) is 2.33. The Balaban J connectivity index is 1.54. The Kier molecular flexibility index (Phi) is 7.68. The first-order valence-electron chi connectivity index (χ1n) is 9.77. The Hall–Kier alpha value is -3.06. The molecule has 0 aliphatic rings. The SMILES string of the molecule is CN=C(NCc1csc(-c2ccccc2)n1)N(C)CCc1ccc(OC)c(OC)c1. The lowest BCUT2D eigenvalue weighted by Gasteiger charge is -2.22. The number of aromatic nitrogens is 1. The fraction of sp³-hybridized carbons (Fsp3) is 0.304. The summed E-state index contributed by atoms with van der Waals surface area (Å²) in [5, 5.41) is 6.52. The number of benzene rings is 2. The maximum absolute atomic E-state index is 5.39. The summed E-state index contributed by atoms with van der Waals surface area (Å²) in [5.41, 5.74) is 3.33. The highest BCUT2D eigenvalue weighted by atomic mass is 32.1. The lowest BCUT2D eigenvalue weighted by molar-refractivity contribution is 0.354. The van der Waals surface area contributed by atoms with Crippen molar-refractivity contribution in [1.82, 2.24) is 15.2 Å². The molecule has 3 rings (SSSR count). The van der Waals surface area contributed by atoms with Crippen LogP contribution in [0, 0.1) is 0 Å². The highest BCUT2D eigenvalue weighted by molar-refractivity contribution is 7.13. The van der Waals surface area contributed by atoms with Gasteiger partial charge in [0.2, 0.25) is 0 Å². The second-order valence-electron chi connectivity index (χ2n) is 6.77. The standard InChI is InChI=1S/C23H28N4O2S/c1-24-23(25-15-19-16-30-22(26-19)18-8-6-5-7-9-18)27(2)13-12-17-10-11-20(28-3)21(14-17)29-4/h5-11,14,16H,12-13,15H2,1-4H3,(H,24,25). The van der Waals surface area contributed by atoms with Gasteiger partial charge in [-0.3, -0.25) is 4.99 Å². The lowest BCUT2D eigenvalue weighted by Crippen LogP contribution is -2.39. The number of nitrogens with one attached hydrogen (secondary N) is 1. The molecule has 2 aromatic carbocycles.